The first-order valence-corrected chi connectivity index (χ1v) is 6.91. The molecule has 0 fully saturated rings. The zero-order chi connectivity index (χ0) is 18.6. The summed E-state index contributed by atoms with van der Waals surface area (Å²) < 4.78 is 15.7. The number of rotatable bonds is 6. The van der Waals surface area contributed by atoms with Crippen LogP contribution in [0.5, 0.6) is 17.2 Å². The Labute approximate surface area is 140 Å². The summed E-state index contributed by atoms with van der Waals surface area (Å²) in [6, 6.07) is 3.25. The van der Waals surface area contributed by atoms with Crippen LogP contribution in [0.1, 0.15) is 11.3 Å². The molecule has 0 amide bonds. The Hall–Kier alpha value is -3.56. The fourth-order valence-corrected chi connectivity index (χ4v) is 2.23. The molecule has 2 aromatic rings. The molecule has 0 spiro atoms. The minimum absolute atomic E-state index is 0.240. The Bertz CT molecular complexity index is 943. The van der Waals surface area contributed by atoms with Crippen LogP contribution in [-0.4, -0.2) is 36.2 Å². The highest BCUT2D eigenvalue weighted by atomic mass is 16.6. The van der Waals surface area contributed by atoms with Crippen LogP contribution in [-0.2, 0) is 0 Å². The molecule has 2 N–H and O–H groups in total. The standard InChI is InChI=1S/C15H15N3O7/c1-23-10-7-5-8(12(24-2)13(10)25-3)4-6-9-11(18(21)22)14(19)17-15(20)16-9/h4-7H,1-3H3,(H2,16,17,19,20). The van der Waals surface area contributed by atoms with Gasteiger partial charge in [-0.1, -0.05) is 0 Å². The number of hydrogen-bond acceptors (Lipinski definition) is 7. The molecule has 10 nitrogen and oxygen atoms in total. The van der Waals surface area contributed by atoms with Gasteiger partial charge in [-0.25, -0.2) is 4.79 Å². The highest BCUT2D eigenvalue weighted by molar-refractivity contribution is 5.76. The lowest BCUT2D eigenvalue weighted by atomic mass is 10.1. The third-order valence-corrected chi connectivity index (χ3v) is 3.29. The van der Waals surface area contributed by atoms with E-state index in [9.17, 15) is 19.7 Å². The molecular weight excluding hydrogens is 334 g/mol. The number of hydrogen-bond donors (Lipinski definition) is 2. The Morgan fingerprint density at radius 1 is 1.00 bits per heavy atom. The lowest BCUT2D eigenvalue weighted by molar-refractivity contribution is -0.386. The Balaban J connectivity index is 2.60. The van der Waals surface area contributed by atoms with Crippen LogP contribution < -0.4 is 25.5 Å². The van der Waals surface area contributed by atoms with Crippen molar-refractivity contribution >= 4 is 17.8 Å². The highest BCUT2D eigenvalue weighted by Gasteiger charge is 2.19. The number of aromatic nitrogens is 2. The normalized spacial score (nSPS) is 10.7. The van der Waals surface area contributed by atoms with Crippen LogP contribution in [0.25, 0.3) is 12.2 Å². The Morgan fingerprint density at radius 3 is 2.24 bits per heavy atom. The van der Waals surface area contributed by atoms with Crippen molar-refractivity contribution in [3.63, 3.8) is 0 Å². The minimum atomic E-state index is -1.09. The summed E-state index contributed by atoms with van der Waals surface area (Å²) >= 11 is 0. The van der Waals surface area contributed by atoms with Crippen LogP contribution in [0.15, 0.2) is 21.7 Å². The third kappa shape index (κ3) is 3.52. The molecule has 0 unspecified atom stereocenters. The first kappa shape index (κ1) is 17.8. The number of ether oxygens (including phenoxy) is 3. The van der Waals surface area contributed by atoms with Gasteiger partial charge < -0.3 is 19.2 Å². The predicted octanol–water partition coefficient (Wildman–Crippen LogP) is 1.17. The number of nitrogens with one attached hydrogen (secondary N) is 2. The van der Waals surface area contributed by atoms with Crippen LogP contribution in [0, 0.1) is 10.1 Å². The zero-order valence-corrected chi connectivity index (χ0v) is 13.6. The molecule has 2 rings (SSSR count). The number of nitro groups is 1. The number of H-pyrrole nitrogens is 2. The van der Waals surface area contributed by atoms with Crippen LogP contribution >= 0.6 is 0 Å². The van der Waals surface area contributed by atoms with Crippen LogP contribution in [0.4, 0.5) is 5.69 Å². The quantitative estimate of drug-likeness (QED) is 0.590. The van der Waals surface area contributed by atoms with Crippen molar-refractivity contribution in [3.05, 3.63) is 54.3 Å². The molecule has 0 saturated carbocycles. The van der Waals surface area contributed by atoms with E-state index in [1.165, 1.54) is 33.5 Å². The molecule has 132 valence electrons. The summed E-state index contributed by atoms with van der Waals surface area (Å²) in [5, 5.41) is 11.0. The van der Waals surface area contributed by atoms with Gasteiger partial charge >= 0.3 is 16.9 Å². The molecule has 25 heavy (non-hydrogen) atoms. The Morgan fingerprint density at radius 2 is 1.68 bits per heavy atom. The SMILES string of the molecule is COc1ccc(C=Cc2[nH]c(=O)[nH]c(=O)c2[N+](=O)[O-])c(OC)c1OC. The van der Waals surface area contributed by atoms with Gasteiger partial charge in [-0.15, -0.1) is 0 Å². The van der Waals surface area contributed by atoms with E-state index in [1.54, 1.807) is 12.1 Å². The summed E-state index contributed by atoms with van der Waals surface area (Å²) in [6.45, 7) is 0. The maximum absolute atomic E-state index is 11.6. The van der Waals surface area contributed by atoms with E-state index in [4.69, 9.17) is 14.2 Å². The van der Waals surface area contributed by atoms with E-state index in [2.05, 4.69) is 4.98 Å². The first-order chi connectivity index (χ1) is 11.9. The second kappa shape index (κ2) is 7.34. The maximum atomic E-state index is 11.6. The van der Waals surface area contributed by atoms with E-state index in [0.29, 0.717) is 22.8 Å². The first-order valence-electron chi connectivity index (χ1n) is 6.91. The van der Waals surface area contributed by atoms with Crippen LogP contribution in [0.3, 0.4) is 0 Å². The summed E-state index contributed by atoms with van der Waals surface area (Å²) in [4.78, 5) is 37.2. The average molecular weight is 349 g/mol. The topological polar surface area (TPSA) is 137 Å². The monoisotopic (exact) mass is 349 g/mol. The molecular formula is C15H15N3O7. The molecule has 0 aliphatic rings. The molecule has 0 atom stereocenters. The van der Waals surface area contributed by atoms with Gasteiger partial charge in [0.1, 0.15) is 5.69 Å². The molecule has 0 aliphatic carbocycles. The van der Waals surface area contributed by atoms with E-state index < -0.39 is 21.9 Å². The highest BCUT2D eigenvalue weighted by Crippen LogP contribution is 2.40. The van der Waals surface area contributed by atoms with Gasteiger partial charge in [-0.05, 0) is 24.3 Å². The van der Waals surface area contributed by atoms with Crippen molar-refractivity contribution < 1.29 is 19.1 Å². The van der Waals surface area contributed by atoms with Gasteiger partial charge in [0, 0.05) is 5.56 Å². The van der Waals surface area contributed by atoms with Crippen molar-refractivity contribution in [2.75, 3.05) is 21.3 Å². The average Bonchev–Trinajstić information content (AvgIpc) is 2.57. The van der Waals surface area contributed by atoms with E-state index in [0.717, 1.165) is 0 Å². The molecule has 1 aromatic heterocycles. The molecule has 1 aromatic carbocycles. The van der Waals surface area contributed by atoms with Gasteiger partial charge in [0.2, 0.25) is 5.75 Å². The Kier molecular flexibility index (Phi) is 5.22. The van der Waals surface area contributed by atoms with E-state index in [-0.39, 0.29) is 5.69 Å². The molecule has 0 saturated heterocycles. The number of methoxy groups -OCH3 is 3. The van der Waals surface area contributed by atoms with Gasteiger partial charge in [0.05, 0.1) is 26.3 Å². The van der Waals surface area contributed by atoms with Crippen LogP contribution in [0.2, 0.25) is 0 Å². The molecule has 0 bridgehead atoms. The lowest BCUT2D eigenvalue weighted by Gasteiger charge is -2.13. The van der Waals surface area contributed by atoms with Gasteiger partial charge in [0.25, 0.3) is 0 Å². The van der Waals surface area contributed by atoms with Crippen molar-refractivity contribution in [1.82, 2.24) is 9.97 Å². The van der Waals surface area contributed by atoms with Crippen molar-refractivity contribution in [2.45, 2.75) is 0 Å². The zero-order valence-electron chi connectivity index (χ0n) is 13.6. The molecule has 10 heteroatoms. The lowest BCUT2D eigenvalue weighted by Crippen LogP contribution is -2.25. The predicted molar refractivity (Wildman–Crippen MR) is 89.4 cm³/mol. The smallest absolute Gasteiger partial charge is 0.357 e. The summed E-state index contributed by atoms with van der Waals surface area (Å²) in [7, 11) is 4.33. The number of aromatic amines is 2. The maximum Gasteiger partial charge on any atom is 0.357 e. The van der Waals surface area contributed by atoms with Crippen molar-refractivity contribution in [3.8, 4) is 17.2 Å². The van der Waals surface area contributed by atoms with E-state index in [1.807, 2.05) is 4.98 Å². The minimum Gasteiger partial charge on any atom is -0.493 e. The molecule has 0 radical (unpaired) electrons. The number of nitrogens with zero attached hydrogens (tertiary/aromatic N) is 1. The fraction of sp³-hybridized carbons (Fsp3) is 0.200. The number of benzene rings is 1. The summed E-state index contributed by atoms with van der Waals surface area (Å²) in [5.41, 5.74) is -2.45. The second-order valence-electron chi connectivity index (χ2n) is 4.68. The van der Waals surface area contributed by atoms with Gasteiger partial charge in [0.15, 0.2) is 11.5 Å². The third-order valence-electron chi connectivity index (χ3n) is 3.29. The largest absolute Gasteiger partial charge is 0.493 e. The molecule has 1 heterocycles. The van der Waals surface area contributed by atoms with Crippen molar-refractivity contribution in [2.24, 2.45) is 0 Å². The second-order valence-corrected chi connectivity index (χ2v) is 4.68. The van der Waals surface area contributed by atoms with Gasteiger partial charge in [-0.3, -0.25) is 19.9 Å². The van der Waals surface area contributed by atoms with E-state index >= 15 is 0 Å². The summed E-state index contributed by atoms with van der Waals surface area (Å²) in [5.74, 6) is 1.10. The molecule has 0 aliphatic heterocycles. The van der Waals surface area contributed by atoms with Crippen molar-refractivity contribution in [1.29, 1.82) is 0 Å². The van der Waals surface area contributed by atoms with Gasteiger partial charge in [-0.2, -0.15) is 0 Å². The fourth-order valence-electron chi connectivity index (χ4n) is 2.23. The summed E-state index contributed by atoms with van der Waals surface area (Å²) in [6.07, 6.45) is 2.68.